The van der Waals surface area contributed by atoms with Gasteiger partial charge in [0.05, 0.1) is 18.9 Å². The number of hydrogen-bond donors (Lipinski definition) is 1. The summed E-state index contributed by atoms with van der Waals surface area (Å²) in [5, 5.41) is 6.93. The zero-order valence-electron chi connectivity index (χ0n) is 17.6. The van der Waals surface area contributed by atoms with Crippen molar-refractivity contribution in [3.8, 4) is 11.3 Å². The lowest BCUT2D eigenvalue weighted by atomic mass is 10.1. The minimum atomic E-state index is -0.461. The van der Waals surface area contributed by atoms with Crippen LogP contribution in [0, 0.1) is 0 Å². The van der Waals surface area contributed by atoms with E-state index in [2.05, 4.69) is 10.5 Å². The van der Waals surface area contributed by atoms with Crippen molar-refractivity contribution in [3.05, 3.63) is 95.9 Å². The number of fused-ring (bicyclic) bond motifs is 3. The first kappa shape index (κ1) is 20.3. The predicted octanol–water partition coefficient (Wildman–Crippen LogP) is 5.40. The highest BCUT2D eigenvalue weighted by molar-refractivity contribution is 6.08. The number of esters is 1. The van der Waals surface area contributed by atoms with E-state index < -0.39 is 11.9 Å². The van der Waals surface area contributed by atoms with Crippen molar-refractivity contribution < 1.29 is 23.2 Å². The smallest absolute Gasteiger partial charge is 0.337 e. The molecule has 0 bridgehead atoms. The molecule has 0 atom stereocenters. The Balaban J connectivity index is 1.28. The van der Waals surface area contributed by atoms with E-state index in [1.807, 2.05) is 36.4 Å². The minimum Gasteiger partial charge on any atom is -0.465 e. The van der Waals surface area contributed by atoms with Crippen LogP contribution in [0.1, 0.15) is 26.7 Å². The second kappa shape index (κ2) is 8.47. The minimum absolute atomic E-state index is 0.171. The molecule has 2 heterocycles. The summed E-state index contributed by atoms with van der Waals surface area (Å²) in [5.41, 5.74) is 4.34. The molecule has 0 saturated carbocycles. The number of nitrogens with one attached hydrogen (secondary N) is 1. The number of rotatable bonds is 5. The van der Waals surface area contributed by atoms with Crippen LogP contribution in [-0.2, 0) is 4.74 Å². The van der Waals surface area contributed by atoms with Gasteiger partial charge < -0.3 is 13.6 Å². The van der Waals surface area contributed by atoms with E-state index in [0.29, 0.717) is 22.7 Å². The zero-order chi connectivity index (χ0) is 22.8. The first-order valence-corrected chi connectivity index (χ1v) is 10.2. The number of ether oxygens (including phenoxy) is 1. The Morgan fingerprint density at radius 3 is 2.55 bits per heavy atom. The molecule has 0 fully saturated rings. The summed E-state index contributed by atoms with van der Waals surface area (Å²) in [6.45, 7) is 0. The molecule has 0 unspecified atom stereocenters. The van der Waals surface area contributed by atoms with Crippen LogP contribution in [0.5, 0.6) is 0 Å². The second-order valence-corrected chi connectivity index (χ2v) is 7.28. The van der Waals surface area contributed by atoms with Crippen LogP contribution in [0.2, 0.25) is 0 Å². The molecule has 7 nitrogen and oxygen atoms in total. The standard InChI is InChI=1S/C26H18N2O5/c1-31-26(30)18-8-6-17(7-9-18)22-13-11-19(32-22)15-27-28-25(29)24-14-21-20-5-3-2-4-16(20)10-12-23(21)33-24/h2-15H,1H3,(H,28,29). The van der Waals surface area contributed by atoms with Crippen molar-refractivity contribution in [3.63, 3.8) is 0 Å². The summed E-state index contributed by atoms with van der Waals surface area (Å²) in [5.74, 6) is 0.365. The molecule has 162 valence electrons. The summed E-state index contributed by atoms with van der Waals surface area (Å²) < 4.78 is 16.1. The molecule has 3 aromatic carbocycles. The second-order valence-electron chi connectivity index (χ2n) is 7.28. The van der Waals surface area contributed by atoms with E-state index in [4.69, 9.17) is 13.6 Å². The molecule has 5 aromatic rings. The zero-order valence-corrected chi connectivity index (χ0v) is 17.6. The number of nitrogens with zero attached hydrogens (tertiary/aromatic N) is 1. The van der Waals surface area contributed by atoms with E-state index in [1.165, 1.54) is 13.3 Å². The van der Waals surface area contributed by atoms with Crippen LogP contribution in [0.15, 0.2) is 92.8 Å². The van der Waals surface area contributed by atoms with Crippen molar-refractivity contribution in [2.75, 3.05) is 7.11 Å². The van der Waals surface area contributed by atoms with Crippen molar-refractivity contribution in [2.24, 2.45) is 5.10 Å². The number of carbonyl (C=O) groups excluding carboxylic acids is 2. The van der Waals surface area contributed by atoms with E-state index in [-0.39, 0.29) is 5.76 Å². The molecule has 2 aromatic heterocycles. The lowest BCUT2D eigenvalue weighted by Crippen LogP contribution is -2.16. The largest absolute Gasteiger partial charge is 0.465 e. The molecular weight excluding hydrogens is 420 g/mol. The Hall–Kier alpha value is -4.65. The fraction of sp³-hybridized carbons (Fsp3) is 0.0385. The lowest BCUT2D eigenvalue weighted by molar-refractivity contribution is 0.0600. The van der Waals surface area contributed by atoms with Crippen molar-refractivity contribution >= 4 is 39.8 Å². The van der Waals surface area contributed by atoms with Crippen molar-refractivity contribution in [1.82, 2.24) is 5.43 Å². The Bertz CT molecular complexity index is 1510. The number of methoxy groups -OCH3 is 1. The highest BCUT2D eigenvalue weighted by Crippen LogP contribution is 2.28. The van der Waals surface area contributed by atoms with Gasteiger partial charge in [0.1, 0.15) is 17.1 Å². The van der Waals surface area contributed by atoms with Gasteiger partial charge in [-0.3, -0.25) is 4.79 Å². The van der Waals surface area contributed by atoms with E-state index in [1.54, 1.807) is 42.5 Å². The summed E-state index contributed by atoms with van der Waals surface area (Å²) in [6, 6.07) is 23.8. The molecule has 7 heteroatoms. The SMILES string of the molecule is COC(=O)c1ccc(-c2ccc(C=NNC(=O)c3cc4c(ccc5ccccc54)o3)o2)cc1. The van der Waals surface area contributed by atoms with Gasteiger partial charge in [-0.2, -0.15) is 5.10 Å². The van der Waals surface area contributed by atoms with Gasteiger partial charge in [-0.05, 0) is 47.2 Å². The first-order chi connectivity index (χ1) is 16.1. The van der Waals surface area contributed by atoms with Crippen LogP contribution < -0.4 is 5.43 Å². The van der Waals surface area contributed by atoms with Gasteiger partial charge in [0.25, 0.3) is 0 Å². The Morgan fingerprint density at radius 1 is 0.909 bits per heavy atom. The molecule has 1 amide bonds. The normalized spacial score (nSPS) is 11.3. The first-order valence-electron chi connectivity index (χ1n) is 10.2. The molecule has 5 rings (SSSR count). The summed E-state index contributed by atoms with van der Waals surface area (Å²) in [4.78, 5) is 24.0. The Morgan fingerprint density at radius 2 is 1.73 bits per heavy atom. The Kier molecular flexibility index (Phi) is 5.20. The molecule has 0 aliphatic heterocycles. The fourth-order valence-electron chi connectivity index (χ4n) is 3.58. The number of carbonyl (C=O) groups is 2. The quantitative estimate of drug-likeness (QED) is 0.225. The van der Waals surface area contributed by atoms with Crippen molar-refractivity contribution in [1.29, 1.82) is 0 Å². The summed E-state index contributed by atoms with van der Waals surface area (Å²) >= 11 is 0. The van der Waals surface area contributed by atoms with Gasteiger partial charge in [-0.15, -0.1) is 0 Å². The molecule has 0 saturated heterocycles. The number of amides is 1. The predicted molar refractivity (Wildman–Crippen MR) is 124 cm³/mol. The maximum Gasteiger partial charge on any atom is 0.337 e. The van der Waals surface area contributed by atoms with Gasteiger partial charge in [-0.25, -0.2) is 10.2 Å². The van der Waals surface area contributed by atoms with Crippen LogP contribution in [0.25, 0.3) is 33.1 Å². The summed E-state index contributed by atoms with van der Waals surface area (Å²) in [6.07, 6.45) is 1.41. The molecule has 1 N–H and O–H groups in total. The van der Waals surface area contributed by atoms with Gasteiger partial charge in [-0.1, -0.05) is 42.5 Å². The molecular formula is C26H18N2O5. The highest BCUT2D eigenvalue weighted by atomic mass is 16.5. The molecule has 33 heavy (non-hydrogen) atoms. The van der Waals surface area contributed by atoms with E-state index in [9.17, 15) is 9.59 Å². The highest BCUT2D eigenvalue weighted by Gasteiger charge is 2.13. The average Bonchev–Trinajstić information content (AvgIpc) is 3.51. The van der Waals surface area contributed by atoms with Gasteiger partial charge in [0.2, 0.25) is 0 Å². The lowest BCUT2D eigenvalue weighted by Gasteiger charge is -2.00. The third kappa shape index (κ3) is 3.99. The molecule has 0 aliphatic carbocycles. The number of benzene rings is 3. The molecule has 0 radical (unpaired) electrons. The molecule has 0 aliphatic rings. The van der Waals surface area contributed by atoms with E-state index >= 15 is 0 Å². The number of hydrazone groups is 1. The topological polar surface area (TPSA) is 94.0 Å². The number of furan rings is 2. The summed E-state index contributed by atoms with van der Waals surface area (Å²) in [7, 11) is 1.34. The van der Waals surface area contributed by atoms with Crippen molar-refractivity contribution in [2.45, 2.75) is 0 Å². The van der Waals surface area contributed by atoms with Crippen LogP contribution in [-0.4, -0.2) is 25.2 Å². The fourth-order valence-corrected chi connectivity index (χ4v) is 3.58. The maximum absolute atomic E-state index is 12.5. The average molecular weight is 438 g/mol. The monoisotopic (exact) mass is 438 g/mol. The van der Waals surface area contributed by atoms with Gasteiger partial charge >= 0.3 is 11.9 Å². The van der Waals surface area contributed by atoms with Crippen LogP contribution in [0.3, 0.4) is 0 Å². The van der Waals surface area contributed by atoms with Gasteiger partial charge in [0, 0.05) is 10.9 Å². The Labute approximate surface area is 188 Å². The van der Waals surface area contributed by atoms with Crippen LogP contribution in [0.4, 0.5) is 0 Å². The molecule has 0 spiro atoms. The van der Waals surface area contributed by atoms with Gasteiger partial charge in [0.15, 0.2) is 5.76 Å². The van der Waals surface area contributed by atoms with E-state index in [0.717, 1.165) is 21.7 Å². The third-order valence-electron chi connectivity index (χ3n) is 5.23. The van der Waals surface area contributed by atoms with Crippen LogP contribution >= 0.6 is 0 Å². The third-order valence-corrected chi connectivity index (χ3v) is 5.23. The number of hydrogen-bond acceptors (Lipinski definition) is 6. The maximum atomic E-state index is 12.5.